The molecular weight excluding hydrogens is 352 g/mol. The van der Waals surface area contributed by atoms with Crippen LogP contribution in [0.5, 0.6) is 5.75 Å². The molecule has 0 aromatic heterocycles. The number of methoxy groups -OCH3 is 2. The molecule has 1 N–H and O–H groups in total. The molecule has 0 aliphatic carbocycles. The third-order valence-corrected chi connectivity index (χ3v) is 4.46. The molecular formula is C19H18N2O4S. The summed E-state index contributed by atoms with van der Waals surface area (Å²) in [6.07, 6.45) is 1.58. The predicted octanol–water partition coefficient (Wildman–Crippen LogP) is 2.12. The smallest absolute Gasteiger partial charge is 0.265 e. The number of nitrogens with zero attached hydrogens (tertiary/aromatic N) is 1. The second kappa shape index (κ2) is 7.63. The van der Waals surface area contributed by atoms with Gasteiger partial charge in [-0.2, -0.15) is 0 Å². The Morgan fingerprint density at radius 1 is 1.12 bits per heavy atom. The van der Waals surface area contributed by atoms with Crippen molar-refractivity contribution in [2.75, 3.05) is 27.4 Å². The van der Waals surface area contributed by atoms with Crippen LogP contribution in [0.2, 0.25) is 0 Å². The van der Waals surface area contributed by atoms with Crippen molar-refractivity contribution in [3.8, 4) is 5.75 Å². The molecule has 0 unspecified atom stereocenters. The largest absolute Gasteiger partial charge is 0.496 e. The molecule has 0 spiro atoms. The van der Waals surface area contributed by atoms with Crippen molar-refractivity contribution in [1.82, 2.24) is 10.2 Å². The van der Waals surface area contributed by atoms with Gasteiger partial charge in [-0.3, -0.25) is 19.8 Å². The maximum Gasteiger partial charge on any atom is 0.265 e. The number of ether oxygens (including phenoxy) is 2. The molecule has 1 saturated heterocycles. The average Bonchev–Trinajstić information content (AvgIpc) is 2.65. The molecule has 3 rings (SSSR count). The van der Waals surface area contributed by atoms with E-state index in [2.05, 4.69) is 5.32 Å². The lowest BCUT2D eigenvalue weighted by Gasteiger charge is -2.28. The summed E-state index contributed by atoms with van der Waals surface area (Å²) in [4.78, 5) is 26.4. The molecule has 2 amide bonds. The normalized spacial score (nSPS) is 16.3. The summed E-state index contributed by atoms with van der Waals surface area (Å²) in [5.74, 6) is -0.214. The van der Waals surface area contributed by atoms with E-state index in [9.17, 15) is 9.59 Å². The number of carbonyl (C=O) groups excluding carboxylic acids is 2. The minimum atomic E-state index is -0.506. The maximum atomic E-state index is 12.7. The van der Waals surface area contributed by atoms with Crippen LogP contribution in [0, 0.1) is 0 Å². The first-order valence-electron chi connectivity index (χ1n) is 8.00. The average molecular weight is 370 g/mol. The Balaban J connectivity index is 2.06. The standard InChI is InChI=1S/C19H18N2O4S/c1-24-10-9-21-18(23)15(17(22)20-19(21)26)11-12-7-8-16(25-2)14-6-4-3-5-13(12)14/h3-8,11H,9-10H2,1-2H3,(H,20,22,26). The van der Waals surface area contributed by atoms with Gasteiger partial charge in [-0.05, 0) is 35.3 Å². The Hall–Kier alpha value is -2.77. The summed E-state index contributed by atoms with van der Waals surface area (Å²) in [6, 6.07) is 11.3. The number of hydrogen-bond acceptors (Lipinski definition) is 5. The van der Waals surface area contributed by atoms with Crippen molar-refractivity contribution < 1.29 is 19.1 Å². The molecule has 7 heteroatoms. The van der Waals surface area contributed by atoms with Gasteiger partial charge in [-0.25, -0.2) is 0 Å². The quantitative estimate of drug-likeness (QED) is 0.496. The lowest BCUT2D eigenvalue weighted by atomic mass is 10.0. The number of benzene rings is 2. The molecule has 2 aromatic rings. The van der Waals surface area contributed by atoms with Gasteiger partial charge in [0.2, 0.25) is 0 Å². The highest BCUT2D eigenvalue weighted by molar-refractivity contribution is 7.80. The van der Waals surface area contributed by atoms with Gasteiger partial charge in [0, 0.05) is 12.5 Å². The van der Waals surface area contributed by atoms with Gasteiger partial charge in [0.1, 0.15) is 11.3 Å². The third kappa shape index (κ3) is 3.31. The summed E-state index contributed by atoms with van der Waals surface area (Å²) in [7, 11) is 3.14. The molecule has 134 valence electrons. The van der Waals surface area contributed by atoms with Gasteiger partial charge in [0.05, 0.1) is 20.3 Å². The van der Waals surface area contributed by atoms with Crippen LogP contribution < -0.4 is 10.1 Å². The van der Waals surface area contributed by atoms with Crippen molar-refractivity contribution in [3.63, 3.8) is 0 Å². The molecule has 26 heavy (non-hydrogen) atoms. The van der Waals surface area contributed by atoms with E-state index in [4.69, 9.17) is 21.7 Å². The minimum absolute atomic E-state index is 0.0324. The van der Waals surface area contributed by atoms with Crippen molar-refractivity contribution in [1.29, 1.82) is 0 Å². The topological polar surface area (TPSA) is 67.9 Å². The lowest BCUT2D eigenvalue weighted by molar-refractivity contribution is -0.129. The van der Waals surface area contributed by atoms with Crippen LogP contribution in [0.15, 0.2) is 42.0 Å². The molecule has 6 nitrogen and oxygen atoms in total. The minimum Gasteiger partial charge on any atom is -0.496 e. The monoisotopic (exact) mass is 370 g/mol. The highest BCUT2D eigenvalue weighted by Gasteiger charge is 2.33. The molecule has 0 atom stereocenters. The van der Waals surface area contributed by atoms with Crippen LogP contribution in [0.1, 0.15) is 5.56 Å². The van der Waals surface area contributed by atoms with E-state index < -0.39 is 11.8 Å². The van der Waals surface area contributed by atoms with Gasteiger partial charge in [0.25, 0.3) is 11.8 Å². The van der Waals surface area contributed by atoms with Gasteiger partial charge >= 0.3 is 0 Å². The van der Waals surface area contributed by atoms with Crippen LogP contribution in [0.3, 0.4) is 0 Å². The summed E-state index contributed by atoms with van der Waals surface area (Å²) >= 11 is 5.10. The number of hydrogen-bond donors (Lipinski definition) is 1. The summed E-state index contributed by atoms with van der Waals surface area (Å²) in [5, 5.41) is 4.44. The van der Waals surface area contributed by atoms with E-state index >= 15 is 0 Å². The highest BCUT2D eigenvalue weighted by atomic mass is 32.1. The number of rotatable bonds is 5. The predicted molar refractivity (Wildman–Crippen MR) is 103 cm³/mol. The summed E-state index contributed by atoms with van der Waals surface area (Å²) in [6.45, 7) is 0.593. The fourth-order valence-electron chi connectivity index (χ4n) is 2.83. The highest BCUT2D eigenvalue weighted by Crippen LogP contribution is 2.30. The van der Waals surface area contributed by atoms with Crippen LogP contribution >= 0.6 is 12.2 Å². The van der Waals surface area contributed by atoms with Gasteiger partial charge in [0.15, 0.2) is 5.11 Å². The third-order valence-electron chi connectivity index (χ3n) is 4.14. The zero-order chi connectivity index (χ0) is 18.7. The Labute approximate surface area is 156 Å². The van der Waals surface area contributed by atoms with E-state index in [0.717, 1.165) is 22.1 Å². The number of fused-ring (bicyclic) bond motifs is 1. The van der Waals surface area contributed by atoms with Crippen LogP contribution in [0.4, 0.5) is 0 Å². The zero-order valence-corrected chi connectivity index (χ0v) is 15.3. The number of thiocarbonyl (C=S) groups is 1. The molecule has 1 aliphatic heterocycles. The van der Waals surface area contributed by atoms with Crippen LogP contribution in [0.25, 0.3) is 16.8 Å². The number of nitrogens with one attached hydrogen (secondary N) is 1. The molecule has 1 fully saturated rings. The van der Waals surface area contributed by atoms with Crippen LogP contribution in [-0.2, 0) is 14.3 Å². The Kier molecular flexibility index (Phi) is 5.29. The van der Waals surface area contributed by atoms with Crippen molar-refractivity contribution in [2.45, 2.75) is 0 Å². The first-order chi connectivity index (χ1) is 12.6. The molecule has 1 heterocycles. The Bertz CT molecular complexity index is 923. The van der Waals surface area contributed by atoms with Crippen molar-refractivity contribution >= 4 is 46.0 Å². The van der Waals surface area contributed by atoms with Crippen LogP contribution in [-0.4, -0.2) is 49.2 Å². The van der Waals surface area contributed by atoms with Gasteiger partial charge in [-0.1, -0.05) is 30.3 Å². The van der Waals surface area contributed by atoms with E-state index in [1.165, 1.54) is 12.0 Å². The zero-order valence-electron chi connectivity index (χ0n) is 14.4. The molecule has 2 aromatic carbocycles. The van der Waals surface area contributed by atoms with Crippen molar-refractivity contribution in [2.24, 2.45) is 0 Å². The number of carbonyl (C=O) groups is 2. The fraction of sp³-hybridized carbons (Fsp3) is 0.211. The fourth-order valence-corrected chi connectivity index (χ4v) is 3.10. The van der Waals surface area contributed by atoms with Crippen molar-refractivity contribution in [3.05, 3.63) is 47.5 Å². The van der Waals surface area contributed by atoms with Gasteiger partial charge in [-0.15, -0.1) is 0 Å². The summed E-state index contributed by atoms with van der Waals surface area (Å²) < 4.78 is 10.4. The molecule has 0 bridgehead atoms. The molecule has 0 radical (unpaired) electrons. The second-order valence-corrected chi connectivity index (χ2v) is 6.06. The first kappa shape index (κ1) is 18.0. The summed E-state index contributed by atoms with van der Waals surface area (Å²) in [5.41, 5.74) is 0.782. The lowest BCUT2D eigenvalue weighted by Crippen LogP contribution is -2.54. The molecule has 1 aliphatic rings. The van der Waals surface area contributed by atoms with E-state index in [0.29, 0.717) is 6.61 Å². The van der Waals surface area contributed by atoms with Gasteiger partial charge < -0.3 is 9.47 Å². The SMILES string of the molecule is COCCN1C(=O)C(=Cc2ccc(OC)c3ccccc23)C(=O)NC1=S. The maximum absolute atomic E-state index is 12.7. The van der Waals surface area contributed by atoms with E-state index in [1.54, 1.807) is 13.2 Å². The Morgan fingerprint density at radius 3 is 2.54 bits per heavy atom. The first-order valence-corrected chi connectivity index (χ1v) is 8.41. The van der Waals surface area contributed by atoms with E-state index in [1.807, 2.05) is 36.4 Å². The van der Waals surface area contributed by atoms with E-state index in [-0.39, 0.29) is 17.2 Å². The second-order valence-electron chi connectivity index (χ2n) is 5.67. The Morgan fingerprint density at radius 2 is 1.85 bits per heavy atom. The molecule has 0 saturated carbocycles. The number of amides is 2.